The van der Waals surface area contributed by atoms with Crippen LogP contribution in [0.15, 0.2) is 0 Å². The molecule has 3 atom stereocenters. The summed E-state index contributed by atoms with van der Waals surface area (Å²) in [5.74, 6) is 1.65. The molecular formula is C15H30N2O. The Balaban J connectivity index is 2.48. The summed E-state index contributed by atoms with van der Waals surface area (Å²) in [6.07, 6.45) is 6.32. The molecule has 0 spiro atoms. The van der Waals surface area contributed by atoms with Gasteiger partial charge in [0.1, 0.15) is 0 Å². The van der Waals surface area contributed by atoms with Gasteiger partial charge in [-0.05, 0) is 37.0 Å². The maximum atomic E-state index is 11.4. The van der Waals surface area contributed by atoms with Crippen LogP contribution in [0.5, 0.6) is 0 Å². The van der Waals surface area contributed by atoms with Crippen molar-refractivity contribution >= 4 is 5.91 Å². The molecule has 1 aliphatic rings. The molecule has 3 N–H and O–H groups in total. The predicted molar refractivity (Wildman–Crippen MR) is 76.2 cm³/mol. The zero-order valence-electron chi connectivity index (χ0n) is 12.4. The van der Waals surface area contributed by atoms with Gasteiger partial charge in [0.15, 0.2) is 0 Å². The van der Waals surface area contributed by atoms with Gasteiger partial charge >= 0.3 is 0 Å². The van der Waals surface area contributed by atoms with Crippen molar-refractivity contribution in [3.63, 3.8) is 0 Å². The lowest BCUT2D eigenvalue weighted by atomic mass is 9.80. The van der Waals surface area contributed by atoms with E-state index in [0.717, 1.165) is 11.8 Å². The van der Waals surface area contributed by atoms with E-state index in [1.807, 2.05) is 0 Å². The van der Waals surface area contributed by atoms with Gasteiger partial charge in [-0.2, -0.15) is 0 Å². The fraction of sp³-hybridized carbons (Fsp3) is 0.933. The SMILES string of the molecule is CC(C)CC1CCCC(NC(C(N)=O)C(C)C)C1. The van der Waals surface area contributed by atoms with Crippen LogP contribution in [0, 0.1) is 17.8 Å². The lowest BCUT2D eigenvalue weighted by molar-refractivity contribution is -0.121. The van der Waals surface area contributed by atoms with E-state index in [1.165, 1.54) is 32.1 Å². The van der Waals surface area contributed by atoms with Gasteiger partial charge in [0, 0.05) is 6.04 Å². The third-order valence-corrected chi connectivity index (χ3v) is 3.98. The van der Waals surface area contributed by atoms with E-state index in [9.17, 15) is 4.79 Å². The Morgan fingerprint density at radius 2 is 1.94 bits per heavy atom. The number of carbonyl (C=O) groups excluding carboxylic acids is 1. The van der Waals surface area contributed by atoms with Crippen LogP contribution in [0.25, 0.3) is 0 Å². The van der Waals surface area contributed by atoms with Crippen LogP contribution in [0.4, 0.5) is 0 Å². The van der Waals surface area contributed by atoms with Gasteiger partial charge in [0.05, 0.1) is 6.04 Å². The molecule has 1 amide bonds. The molecule has 0 radical (unpaired) electrons. The Morgan fingerprint density at radius 1 is 1.28 bits per heavy atom. The van der Waals surface area contributed by atoms with Crippen molar-refractivity contribution in [1.29, 1.82) is 0 Å². The zero-order valence-corrected chi connectivity index (χ0v) is 12.4. The van der Waals surface area contributed by atoms with Gasteiger partial charge in [-0.15, -0.1) is 0 Å². The van der Waals surface area contributed by atoms with E-state index >= 15 is 0 Å². The number of carbonyl (C=O) groups is 1. The third kappa shape index (κ3) is 4.97. The second kappa shape index (κ2) is 7.13. The van der Waals surface area contributed by atoms with Gasteiger partial charge in [-0.25, -0.2) is 0 Å². The second-order valence-electron chi connectivity index (χ2n) is 6.65. The molecule has 106 valence electrons. The number of nitrogens with two attached hydrogens (primary N) is 1. The Kier molecular flexibility index (Phi) is 6.13. The largest absolute Gasteiger partial charge is 0.368 e. The summed E-state index contributed by atoms with van der Waals surface area (Å²) < 4.78 is 0. The molecule has 0 aromatic heterocycles. The highest BCUT2D eigenvalue weighted by Crippen LogP contribution is 2.29. The molecule has 1 fully saturated rings. The topological polar surface area (TPSA) is 55.1 Å². The quantitative estimate of drug-likeness (QED) is 0.765. The van der Waals surface area contributed by atoms with Crippen molar-refractivity contribution in [2.75, 3.05) is 0 Å². The highest BCUT2D eigenvalue weighted by atomic mass is 16.1. The van der Waals surface area contributed by atoms with Crippen LogP contribution in [0.1, 0.15) is 59.8 Å². The van der Waals surface area contributed by atoms with E-state index in [-0.39, 0.29) is 17.9 Å². The van der Waals surface area contributed by atoms with E-state index in [0.29, 0.717) is 6.04 Å². The summed E-state index contributed by atoms with van der Waals surface area (Å²) in [4.78, 5) is 11.4. The average Bonchev–Trinajstić information content (AvgIpc) is 2.24. The first kappa shape index (κ1) is 15.5. The minimum atomic E-state index is -0.212. The van der Waals surface area contributed by atoms with Crippen molar-refractivity contribution in [2.45, 2.75) is 71.9 Å². The number of rotatable bonds is 6. The number of hydrogen-bond donors (Lipinski definition) is 2. The monoisotopic (exact) mass is 254 g/mol. The fourth-order valence-electron chi connectivity index (χ4n) is 3.18. The van der Waals surface area contributed by atoms with Crippen LogP contribution >= 0.6 is 0 Å². The maximum absolute atomic E-state index is 11.4. The second-order valence-corrected chi connectivity index (χ2v) is 6.65. The maximum Gasteiger partial charge on any atom is 0.234 e. The smallest absolute Gasteiger partial charge is 0.234 e. The van der Waals surface area contributed by atoms with Gasteiger partial charge in [-0.1, -0.05) is 40.5 Å². The van der Waals surface area contributed by atoms with Gasteiger partial charge in [0.2, 0.25) is 5.91 Å². The summed E-state index contributed by atoms with van der Waals surface area (Å²) in [5.41, 5.74) is 5.47. The molecule has 0 heterocycles. The van der Waals surface area contributed by atoms with Crippen LogP contribution < -0.4 is 11.1 Å². The number of nitrogens with one attached hydrogen (secondary N) is 1. The Morgan fingerprint density at radius 3 is 2.44 bits per heavy atom. The van der Waals surface area contributed by atoms with E-state index in [1.54, 1.807) is 0 Å². The van der Waals surface area contributed by atoms with E-state index in [4.69, 9.17) is 5.73 Å². The van der Waals surface area contributed by atoms with Gasteiger partial charge < -0.3 is 11.1 Å². The first-order chi connectivity index (χ1) is 8.40. The number of hydrogen-bond acceptors (Lipinski definition) is 2. The summed E-state index contributed by atoms with van der Waals surface area (Å²) in [6.45, 7) is 8.68. The summed E-state index contributed by atoms with van der Waals surface area (Å²) in [7, 11) is 0. The van der Waals surface area contributed by atoms with Crippen LogP contribution in [-0.4, -0.2) is 18.0 Å². The lowest BCUT2D eigenvalue weighted by Gasteiger charge is -2.33. The zero-order chi connectivity index (χ0) is 13.7. The van der Waals surface area contributed by atoms with Crippen molar-refractivity contribution in [3.05, 3.63) is 0 Å². The molecule has 3 nitrogen and oxygen atoms in total. The molecule has 0 aromatic rings. The lowest BCUT2D eigenvalue weighted by Crippen LogP contribution is -2.50. The van der Waals surface area contributed by atoms with E-state index in [2.05, 4.69) is 33.0 Å². The van der Waals surface area contributed by atoms with Crippen LogP contribution in [0.2, 0.25) is 0 Å². The molecule has 1 saturated carbocycles. The molecule has 1 rings (SSSR count). The minimum Gasteiger partial charge on any atom is -0.368 e. The summed E-state index contributed by atoms with van der Waals surface area (Å²) >= 11 is 0. The average molecular weight is 254 g/mol. The van der Waals surface area contributed by atoms with Crippen molar-refractivity contribution in [3.8, 4) is 0 Å². The van der Waals surface area contributed by atoms with Crippen molar-refractivity contribution in [1.82, 2.24) is 5.32 Å². The number of amides is 1. The molecule has 0 bridgehead atoms. The van der Waals surface area contributed by atoms with Crippen molar-refractivity contribution < 1.29 is 4.79 Å². The van der Waals surface area contributed by atoms with Crippen LogP contribution in [-0.2, 0) is 4.79 Å². The molecule has 1 aliphatic carbocycles. The summed E-state index contributed by atoms with van der Waals surface area (Å²) in [6, 6.07) is 0.301. The normalized spacial score (nSPS) is 26.6. The van der Waals surface area contributed by atoms with Crippen LogP contribution in [0.3, 0.4) is 0 Å². The third-order valence-electron chi connectivity index (χ3n) is 3.98. The molecule has 0 saturated heterocycles. The molecule has 0 aromatic carbocycles. The first-order valence-electron chi connectivity index (χ1n) is 7.45. The number of primary amides is 1. The van der Waals surface area contributed by atoms with Crippen molar-refractivity contribution in [2.24, 2.45) is 23.5 Å². The fourth-order valence-corrected chi connectivity index (χ4v) is 3.18. The Labute approximate surface area is 112 Å². The molecule has 3 heteroatoms. The highest BCUT2D eigenvalue weighted by molar-refractivity contribution is 5.80. The first-order valence-corrected chi connectivity index (χ1v) is 7.45. The van der Waals surface area contributed by atoms with E-state index < -0.39 is 0 Å². The summed E-state index contributed by atoms with van der Waals surface area (Å²) in [5, 5.41) is 3.48. The minimum absolute atomic E-state index is 0.173. The molecule has 0 aliphatic heterocycles. The standard InChI is InChI=1S/C15H30N2O/c1-10(2)8-12-6-5-7-13(9-12)17-14(11(3)4)15(16)18/h10-14,17H,5-9H2,1-4H3,(H2,16,18). The molecule has 3 unspecified atom stereocenters. The van der Waals surface area contributed by atoms with Gasteiger partial charge in [0.25, 0.3) is 0 Å². The Bertz CT molecular complexity index is 263. The Hall–Kier alpha value is -0.570. The predicted octanol–water partition coefficient (Wildman–Crippen LogP) is 2.69. The van der Waals surface area contributed by atoms with Gasteiger partial charge in [-0.3, -0.25) is 4.79 Å². The molecular weight excluding hydrogens is 224 g/mol. The molecule has 18 heavy (non-hydrogen) atoms. The highest BCUT2D eigenvalue weighted by Gasteiger charge is 2.27.